The van der Waals surface area contributed by atoms with E-state index < -0.39 is 11.6 Å². The summed E-state index contributed by atoms with van der Waals surface area (Å²) in [7, 11) is 0. The highest BCUT2D eigenvalue weighted by Gasteiger charge is 2.54. The van der Waals surface area contributed by atoms with E-state index in [0.29, 0.717) is 19.5 Å². The van der Waals surface area contributed by atoms with Crippen LogP contribution in [-0.4, -0.2) is 47.3 Å². The van der Waals surface area contributed by atoms with E-state index in [4.69, 9.17) is 0 Å². The Hall–Kier alpha value is -2.37. The Balaban J connectivity index is 1.83. The zero-order valence-corrected chi connectivity index (χ0v) is 15.6. The van der Waals surface area contributed by atoms with Crippen molar-refractivity contribution in [3.8, 4) is 0 Å². The van der Waals surface area contributed by atoms with Crippen LogP contribution in [0, 0.1) is 0 Å². The number of nitrogens with zero attached hydrogens (tertiary/aromatic N) is 2. The molecule has 1 fully saturated rings. The van der Waals surface area contributed by atoms with Crippen LogP contribution in [0.4, 0.5) is 4.79 Å². The molecule has 6 nitrogen and oxygen atoms in total. The molecule has 6 heteroatoms. The van der Waals surface area contributed by atoms with Crippen LogP contribution in [0.2, 0.25) is 0 Å². The number of aryl methyl sites for hydroxylation is 1. The van der Waals surface area contributed by atoms with Crippen LogP contribution < -0.4 is 5.32 Å². The van der Waals surface area contributed by atoms with Crippen molar-refractivity contribution in [2.24, 2.45) is 0 Å². The van der Waals surface area contributed by atoms with Gasteiger partial charge in [-0.25, -0.2) is 4.79 Å². The molecule has 0 aromatic heterocycles. The molecule has 2 aliphatic rings. The number of nitrogens with one attached hydrogen (secondary N) is 1. The maximum Gasteiger partial charge on any atom is 0.325 e. The summed E-state index contributed by atoms with van der Waals surface area (Å²) in [6.45, 7) is 5.12. The van der Waals surface area contributed by atoms with Gasteiger partial charge in [0.1, 0.15) is 12.1 Å². The lowest BCUT2D eigenvalue weighted by Gasteiger charge is -2.33. The van der Waals surface area contributed by atoms with Crippen LogP contribution in [0.5, 0.6) is 0 Å². The lowest BCUT2D eigenvalue weighted by Crippen LogP contribution is -2.47. The molecule has 1 aromatic carbocycles. The first-order chi connectivity index (χ1) is 12.5. The molecule has 4 amide bonds. The highest BCUT2D eigenvalue weighted by molar-refractivity contribution is 6.09. The van der Waals surface area contributed by atoms with E-state index in [1.807, 2.05) is 38.1 Å². The third-order valence-corrected chi connectivity index (χ3v) is 5.28. The van der Waals surface area contributed by atoms with Gasteiger partial charge in [0.2, 0.25) is 5.91 Å². The summed E-state index contributed by atoms with van der Waals surface area (Å²) >= 11 is 0. The quantitative estimate of drug-likeness (QED) is 0.795. The summed E-state index contributed by atoms with van der Waals surface area (Å²) in [5.41, 5.74) is 0.963. The van der Waals surface area contributed by atoms with Gasteiger partial charge in [0.15, 0.2) is 0 Å². The molecule has 26 heavy (non-hydrogen) atoms. The summed E-state index contributed by atoms with van der Waals surface area (Å²) in [6.07, 6.45) is 4.02. The normalized spacial score (nSPS) is 21.7. The Bertz CT molecular complexity index is 712. The number of benzene rings is 1. The van der Waals surface area contributed by atoms with E-state index in [2.05, 4.69) is 5.32 Å². The Morgan fingerprint density at radius 2 is 1.88 bits per heavy atom. The molecule has 0 unspecified atom stereocenters. The minimum atomic E-state index is -1.01. The van der Waals surface area contributed by atoms with Gasteiger partial charge in [-0.2, -0.15) is 0 Å². The minimum absolute atomic E-state index is 0.168. The van der Waals surface area contributed by atoms with Gasteiger partial charge in [-0.15, -0.1) is 0 Å². The van der Waals surface area contributed by atoms with Crippen molar-refractivity contribution in [1.82, 2.24) is 15.1 Å². The Morgan fingerprint density at radius 1 is 1.19 bits per heavy atom. The van der Waals surface area contributed by atoms with E-state index in [1.165, 1.54) is 0 Å². The summed E-state index contributed by atoms with van der Waals surface area (Å²) in [4.78, 5) is 41.2. The standard InChI is InChI=1S/C20H27N3O3/c1-3-12-22(13-4-2)17(24)14-23-18(25)20(21-19(23)26)11-7-9-15-8-5-6-10-16(15)20/h5-6,8,10H,3-4,7,9,11-14H2,1-2H3,(H,21,26)/t20-/m0/s1. The third-order valence-electron chi connectivity index (χ3n) is 5.28. The number of amides is 4. The van der Waals surface area contributed by atoms with Crippen molar-refractivity contribution >= 4 is 17.8 Å². The van der Waals surface area contributed by atoms with E-state index in [1.54, 1.807) is 4.90 Å². The third kappa shape index (κ3) is 3.08. The molecule has 1 atom stereocenters. The largest absolute Gasteiger partial charge is 0.341 e. The SMILES string of the molecule is CCCN(CCC)C(=O)CN1C(=O)N[C@]2(CCCc3ccccc32)C1=O. The number of carbonyl (C=O) groups excluding carboxylic acids is 3. The van der Waals surface area contributed by atoms with E-state index >= 15 is 0 Å². The van der Waals surface area contributed by atoms with E-state index in [-0.39, 0.29) is 18.4 Å². The van der Waals surface area contributed by atoms with Gasteiger partial charge >= 0.3 is 6.03 Å². The van der Waals surface area contributed by atoms with Crippen LogP contribution >= 0.6 is 0 Å². The van der Waals surface area contributed by atoms with Crippen molar-refractivity contribution < 1.29 is 14.4 Å². The number of imide groups is 1. The van der Waals surface area contributed by atoms with Crippen molar-refractivity contribution in [3.05, 3.63) is 35.4 Å². The van der Waals surface area contributed by atoms with Crippen molar-refractivity contribution in [2.45, 2.75) is 51.5 Å². The van der Waals surface area contributed by atoms with Gasteiger partial charge in [0, 0.05) is 13.1 Å². The smallest absolute Gasteiger partial charge is 0.325 e. The lowest BCUT2D eigenvalue weighted by atomic mass is 9.76. The van der Waals surface area contributed by atoms with Crippen LogP contribution in [0.1, 0.15) is 50.7 Å². The Kier molecular flexibility index (Phi) is 5.30. The fourth-order valence-electron chi connectivity index (χ4n) is 4.09. The van der Waals surface area contributed by atoms with Crippen molar-refractivity contribution in [3.63, 3.8) is 0 Å². The molecule has 140 valence electrons. The fourth-order valence-corrected chi connectivity index (χ4v) is 4.09. The highest BCUT2D eigenvalue weighted by atomic mass is 16.2. The zero-order chi connectivity index (χ0) is 18.7. The summed E-state index contributed by atoms with van der Waals surface area (Å²) in [6, 6.07) is 7.30. The van der Waals surface area contributed by atoms with Gasteiger partial charge in [0.25, 0.3) is 5.91 Å². The number of urea groups is 1. The molecule has 1 spiro atoms. The van der Waals surface area contributed by atoms with Gasteiger partial charge in [-0.05, 0) is 43.2 Å². The molecule has 1 N–H and O–H groups in total. The molecule has 3 rings (SSSR count). The first-order valence-corrected chi connectivity index (χ1v) is 9.53. The van der Waals surface area contributed by atoms with Crippen LogP contribution in [-0.2, 0) is 21.5 Å². The van der Waals surface area contributed by atoms with Crippen LogP contribution in [0.3, 0.4) is 0 Å². The molecule has 1 saturated heterocycles. The molecule has 1 aliphatic heterocycles. The van der Waals surface area contributed by atoms with Crippen molar-refractivity contribution in [2.75, 3.05) is 19.6 Å². The molecule has 1 aromatic rings. The molecule has 1 heterocycles. The molecular formula is C20H27N3O3. The van der Waals surface area contributed by atoms with Crippen LogP contribution in [0.25, 0.3) is 0 Å². The number of rotatable bonds is 6. The fraction of sp³-hybridized carbons (Fsp3) is 0.550. The second kappa shape index (κ2) is 7.48. The Labute approximate surface area is 154 Å². The molecule has 0 radical (unpaired) electrons. The average Bonchev–Trinajstić information content (AvgIpc) is 2.87. The van der Waals surface area contributed by atoms with Crippen LogP contribution in [0.15, 0.2) is 24.3 Å². The summed E-state index contributed by atoms with van der Waals surface area (Å²) in [5, 5.41) is 2.90. The summed E-state index contributed by atoms with van der Waals surface area (Å²) in [5.74, 6) is -0.464. The number of carbonyl (C=O) groups is 3. The molecule has 1 aliphatic carbocycles. The summed E-state index contributed by atoms with van der Waals surface area (Å²) < 4.78 is 0. The predicted octanol–water partition coefficient (Wildman–Crippen LogP) is 2.42. The number of hydrogen-bond donors (Lipinski definition) is 1. The molecule has 0 bridgehead atoms. The average molecular weight is 357 g/mol. The zero-order valence-electron chi connectivity index (χ0n) is 15.6. The van der Waals surface area contributed by atoms with Gasteiger partial charge < -0.3 is 10.2 Å². The minimum Gasteiger partial charge on any atom is -0.341 e. The van der Waals surface area contributed by atoms with Gasteiger partial charge in [0.05, 0.1) is 0 Å². The second-order valence-corrected chi connectivity index (χ2v) is 7.12. The lowest BCUT2D eigenvalue weighted by molar-refractivity contribution is -0.139. The number of fused-ring (bicyclic) bond motifs is 2. The Morgan fingerprint density at radius 3 is 2.58 bits per heavy atom. The molecular weight excluding hydrogens is 330 g/mol. The maximum absolute atomic E-state index is 13.2. The van der Waals surface area contributed by atoms with Gasteiger partial charge in [-0.3, -0.25) is 14.5 Å². The maximum atomic E-state index is 13.2. The molecule has 0 saturated carbocycles. The van der Waals surface area contributed by atoms with E-state index in [9.17, 15) is 14.4 Å². The highest BCUT2D eigenvalue weighted by Crippen LogP contribution is 2.39. The monoisotopic (exact) mass is 357 g/mol. The first-order valence-electron chi connectivity index (χ1n) is 9.53. The topological polar surface area (TPSA) is 69.7 Å². The predicted molar refractivity (Wildman–Crippen MR) is 98.5 cm³/mol. The van der Waals surface area contributed by atoms with Gasteiger partial charge in [-0.1, -0.05) is 38.1 Å². The van der Waals surface area contributed by atoms with E-state index in [0.717, 1.165) is 41.7 Å². The second-order valence-electron chi connectivity index (χ2n) is 7.12. The first kappa shape index (κ1) is 18.4. The number of hydrogen-bond acceptors (Lipinski definition) is 3. The van der Waals surface area contributed by atoms with Crippen molar-refractivity contribution in [1.29, 1.82) is 0 Å².